The minimum absolute atomic E-state index is 0.216. The second-order valence-electron chi connectivity index (χ2n) is 2.99. The molecule has 0 N–H and O–H groups in total. The summed E-state index contributed by atoms with van der Waals surface area (Å²) in [5, 5.41) is 0. The van der Waals surface area contributed by atoms with Gasteiger partial charge in [-0.3, -0.25) is 4.79 Å². The van der Waals surface area contributed by atoms with Crippen molar-refractivity contribution in [2.45, 2.75) is 20.3 Å². The molecule has 0 aromatic heterocycles. The van der Waals surface area contributed by atoms with Crippen LogP contribution in [0, 0.1) is 12.3 Å². The highest BCUT2D eigenvalue weighted by Crippen LogP contribution is 2.02. The van der Waals surface area contributed by atoms with Gasteiger partial charge in [-0.2, -0.15) is 0 Å². The van der Waals surface area contributed by atoms with E-state index in [9.17, 15) is 4.79 Å². The average molecular weight is 204 g/mol. The molecule has 0 rings (SSSR count). The molecule has 0 saturated carbocycles. The van der Waals surface area contributed by atoms with Gasteiger partial charge >= 0.3 is 5.97 Å². The Kier molecular flexibility index (Phi) is 6.74. The lowest BCUT2D eigenvalue weighted by atomic mass is 10.2. The number of terminal acetylenes is 1. The molecule has 0 aromatic rings. The topological polar surface area (TPSA) is 26.3 Å². The van der Waals surface area contributed by atoms with E-state index in [4.69, 9.17) is 11.2 Å². The van der Waals surface area contributed by atoms with Crippen LogP contribution in [0.4, 0.5) is 0 Å². The first kappa shape index (κ1) is 13.2. The average Bonchev–Trinajstić information content (AvgIpc) is 2.17. The third kappa shape index (κ3) is 7.33. The Morgan fingerprint density at radius 1 is 1.60 bits per heavy atom. The van der Waals surface area contributed by atoms with Crippen LogP contribution < -0.4 is 0 Å². The molecule has 0 spiro atoms. The highest BCUT2D eigenvalue weighted by Gasteiger charge is 2.01. The Bertz CT molecular complexity index is 327. The molecule has 0 fully saturated rings. The van der Waals surface area contributed by atoms with Crippen molar-refractivity contribution in [2.75, 3.05) is 6.61 Å². The largest absolute Gasteiger partial charge is 0.466 e. The van der Waals surface area contributed by atoms with Gasteiger partial charge in [0.25, 0.3) is 0 Å². The zero-order valence-corrected chi connectivity index (χ0v) is 9.25. The minimum Gasteiger partial charge on any atom is -0.466 e. The van der Waals surface area contributed by atoms with E-state index in [0.717, 1.165) is 5.57 Å². The first-order chi connectivity index (χ1) is 7.10. The summed E-state index contributed by atoms with van der Waals surface area (Å²) in [7, 11) is 0. The fraction of sp³-hybridized carbons (Fsp3) is 0.308. The van der Waals surface area contributed by atoms with Crippen molar-refractivity contribution in [1.29, 1.82) is 0 Å². The molecule has 0 atom stereocenters. The lowest BCUT2D eigenvalue weighted by Crippen LogP contribution is -2.03. The molecule has 0 aliphatic rings. The fourth-order valence-electron chi connectivity index (χ4n) is 0.833. The Morgan fingerprint density at radius 2 is 2.27 bits per heavy atom. The SMILES string of the molecule is C#C/C(C)=C/C=C/C(=C)CC(=O)OCC. The van der Waals surface area contributed by atoms with Crippen molar-refractivity contribution in [2.24, 2.45) is 0 Å². The normalized spacial score (nSPS) is 11.1. The predicted molar refractivity (Wildman–Crippen MR) is 62.1 cm³/mol. The molecule has 0 aromatic carbocycles. The first-order valence-corrected chi connectivity index (χ1v) is 4.75. The van der Waals surface area contributed by atoms with Crippen LogP contribution >= 0.6 is 0 Å². The summed E-state index contributed by atoms with van der Waals surface area (Å²) < 4.78 is 4.78. The van der Waals surface area contributed by atoms with Crippen molar-refractivity contribution < 1.29 is 9.53 Å². The maximum absolute atomic E-state index is 11.0. The van der Waals surface area contributed by atoms with E-state index in [1.807, 2.05) is 6.92 Å². The van der Waals surface area contributed by atoms with Crippen LogP contribution in [0.3, 0.4) is 0 Å². The standard InChI is InChI=1S/C13H16O2/c1-5-11(3)8-7-9-12(4)10-13(14)15-6-2/h1,7-9H,4,6,10H2,2-3H3/b9-7+,11-8+. The molecule has 0 aliphatic heterocycles. The van der Waals surface area contributed by atoms with Crippen LogP contribution in [-0.4, -0.2) is 12.6 Å². The smallest absolute Gasteiger partial charge is 0.310 e. The number of ether oxygens (including phenoxy) is 1. The van der Waals surface area contributed by atoms with Crippen LogP contribution in [0.1, 0.15) is 20.3 Å². The number of hydrogen-bond acceptors (Lipinski definition) is 2. The fourth-order valence-corrected chi connectivity index (χ4v) is 0.833. The Labute approximate surface area is 91.3 Å². The van der Waals surface area contributed by atoms with Gasteiger partial charge in [-0.05, 0) is 25.0 Å². The molecule has 2 nitrogen and oxygen atoms in total. The zero-order valence-electron chi connectivity index (χ0n) is 9.25. The maximum atomic E-state index is 11.0. The van der Waals surface area contributed by atoms with Gasteiger partial charge < -0.3 is 4.74 Å². The van der Waals surface area contributed by atoms with Gasteiger partial charge in [0.1, 0.15) is 0 Å². The van der Waals surface area contributed by atoms with Gasteiger partial charge in [0, 0.05) is 0 Å². The number of hydrogen-bond donors (Lipinski definition) is 0. The van der Waals surface area contributed by atoms with Crippen LogP contribution in [-0.2, 0) is 9.53 Å². The summed E-state index contributed by atoms with van der Waals surface area (Å²) in [6.07, 6.45) is 10.7. The van der Waals surface area contributed by atoms with E-state index in [0.29, 0.717) is 12.2 Å². The van der Waals surface area contributed by atoms with E-state index in [1.165, 1.54) is 0 Å². The Hall–Kier alpha value is -1.75. The molecule has 0 bridgehead atoms. The third-order valence-corrected chi connectivity index (χ3v) is 1.58. The number of rotatable bonds is 5. The van der Waals surface area contributed by atoms with Crippen molar-refractivity contribution in [3.05, 3.63) is 36.0 Å². The Morgan fingerprint density at radius 3 is 2.80 bits per heavy atom. The van der Waals surface area contributed by atoms with E-state index in [1.54, 1.807) is 25.2 Å². The summed E-state index contributed by atoms with van der Waals surface area (Å²) in [6.45, 7) is 7.73. The molecule has 0 radical (unpaired) electrons. The second-order valence-corrected chi connectivity index (χ2v) is 2.99. The van der Waals surface area contributed by atoms with Crippen LogP contribution in [0.25, 0.3) is 0 Å². The van der Waals surface area contributed by atoms with Crippen LogP contribution in [0.15, 0.2) is 36.0 Å². The van der Waals surface area contributed by atoms with Gasteiger partial charge in [0.05, 0.1) is 13.0 Å². The van der Waals surface area contributed by atoms with Crippen molar-refractivity contribution in [3.8, 4) is 12.3 Å². The maximum Gasteiger partial charge on any atom is 0.310 e. The molecule has 80 valence electrons. The van der Waals surface area contributed by atoms with Crippen molar-refractivity contribution >= 4 is 5.97 Å². The molecule has 0 amide bonds. The van der Waals surface area contributed by atoms with Crippen LogP contribution in [0.5, 0.6) is 0 Å². The van der Waals surface area contributed by atoms with E-state index >= 15 is 0 Å². The minimum atomic E-state index is -0.259. The van der Waals surface area contributed by atoms with E-state index < -0.39 is 0 Å². The lowest BCUT2D eigenvalue weighted by molar-refractivity contribution is -0.142. The summed E-state index contributed by atoms with van der Waals surface area (Å²) in [5.41, 5.74) is 1.53. The van der Waals surface area contributed by atoms with Gasteiger partial charge in [0.15, 0.2) is 0 Å². The second kappa shape index (κ2) is 7.64. The van der Waals surface area contributed by atoms with Gasteiger partial charge in [-0.15, -0.1) is 6.42 Å². The van der Waals surface area contributed by atoms with Crippen LogP contribution in [0.2, 0.25) is 0 Å². The molecular weight excluding hydrogens is 188 g/mol. The quantitative estimate of drug-likeness (QED) is 0.391. The summed E-state index contributed by atoms with van der Waals surface area (Å²) in [4.78, 5) is 11.0. The molecular formula is C13H16O2. The molecule has 0 aliphatic carbocycles. The Balaban J connectivity index is 4.05. The molecule has 2 heteroatoms. The third-order valence-electron chi connectivity index (χ3n) is 1.58. The number of carbonyl (C=O) groups excluding carboxylic acids is 1. The molecule has 15 heavy (non-hydrogen) atoms. The number of allylic oxidation sites excluding steroid dienone is 4. The highest BCUT2D eigenvalue weighted by molar-refractivity contribution is 5.73. The molecule has 0 unspecified atom stereocenters. The zero-order chi connectivity index (χ0) is 11.7. The van der Waals surface area contributed by atoms with Gasteiger partial charge in [0.2, 0.25) is 0 Å². The number of carbonyl (C=O) groups is 1. The number of esters is 1. The predicted octanol–water partition coefficient (Wildman–Crippen LogP) is 2.63. The summed E-state index contributed by atoms with van der Waals surface area (Å²) in [5.74, 6) is 2.23. The molecule has 0 heterocycles. The van der Waals surface area contributed by atoms with Crippen molar-refractivity contribution in [1.82, 2.24) is 0 Å². The van der Waals surface area contributed by atoms with Crippen molar-refractivity contribution in [3.63, 3.8) is 0 Å². The van der Waals surface area contributed by atoms with E-state index in [-0.39, 0.29) is 12.4 Å². The highest BCUT2D eigenvalue weighted by atomic mass is 16.5. The van der Waals surface area contributed by atoms with Gasteiger partial charge in [-0.25, -0.2) is 0 Å². The molecule has 0 saturated heterocycles. The summed E-state index contributed by atoms with van der Waals surface area (Å²) in [6, 6.07) is 0. The summed E-state index contributed by atoms with van der Waals surface area (Å²) >= 11 is 0. The van der Waals surface area contributed by atoms with E-state index in [2.05, 4.69) is 12.5 Å². The van der Waals surface area contributed by atoms with Gasteiger partial charge in [-0.1, -0.05) is 30.7 Å². The monoisotopic (exact) mass is 204 g/mol. The lowest BCUT2D eigenvalue weighted by Gasteiger charge is -2.00. The first-order valence-electron chi connectivity index (χ1n) is 4.75.